The minimum Gasteiger partial charge on any atom is -0.462 e. The predicted molar refractivity (Wildman–Crippen MR) is 266 cm³/mol. The second-order valence-electron chi connectivity index (χ2n) is 16.7. The zero-order chi connectivity index (χ0) is 46.0. The summed E-state index contributed by atoms with van der Waals surface area (Å²) in [6.45, 7) is 3.56. The number of phosphoric ester groups is 1. The van der Waals surface area contributed by atoms with E-state index in [9.17, 15) is 19.0 Å². The minimum absolute atomic E-state index is 0.0398. The van der Waals surface area contributed by atoms with Gasteiger partial charge in [0.15, 0.2) is 6.10 Å². The van der Waals surface area contributed by atoms with Crippen molar-refractivity contribution in [3.63, 3.8) is 0 Å². The number of ether oxygens (including phenoxy) is 2. The first-order chi connectivity index (χ1) is 30.8. The van der Waals surface area contributed by atoms with Crippen molar-refractivity contribution in [2.75, 3.05) is 26.4 Å². The third-order valence-electron chi connectivity index (χ3n) is 10.6. The molecule has 0 aliphatic heterocycles. The van der Waals surface area contributed by atoms with Crippen LogP contribution < -0.4 is 5.73 Å². The van der Waals surface area contributed by atoms with Gasteiger partial charge in [-0.05, 0) is 51.4 Å². The van der Waals surface area contributed by atoms with Crippen LogP contribution in [0.2, 0.25) is 0 Å². The highest BCUT2D eigenvalue weighted by Crippen LogP contribution is 2.43. The Morgan fingerprint density at radius 1 is 0.492 bits per heavy atom. The van der Waals surface area contributed by atoms with E-state index in [1.54, 1.807) is 0 Å². The Morgan fingerprint density at radius 2 is 0.873 bits per heavy atom. The lowest BCUT2D eigenvalue weighted by Gasteiger charge is -2.19. The van der Waals surface area contributed by atoms with E-state index >= 15 is 0 Å². The molecule has 0 aromatic rings. The summed E-state index contributed by atoms with van der Waals surface area (Å²) in [4.78, 5) is 35.0. The second kappa shape index (κ2) is 48.9. The summed E-state index contributed by atoms with van der Waals surface area (Å²) in [5.74, 6) is -0.922. The van der Waals surface area contributed by atoms with Crippen LogP contribution >= 0.6 is 7.82 Å². The van der Waals surface area contributed by atoms with Gasteiger partial charge in [-0.1, -0.05) is 228 Å². The first-order valence-electron chi connectivity index (χ1n) is 25.4. The topological polar surface area (TPSA) is 134 Å². The van der Waals surface area contributed by atoms with Gasteiger partial charge in [-0.2, -0.15) is 0 Å². The van der Waals surface area contributed by atoms with Crippen LogP contribution in [-0.4, -0.2) is 49.3 Å². The number of nitrogens with two attached hydrogens (primary N) is 1. The molecule has 0 saturated carbocycles. The molecule has 0 rings (SSSR count). The fourth-order valence-electron chi connectivity index (χ4n) is 6.90. The van der Waals surface area contributed by atoms with Crippen molar-refractivity contribution < 1.29 is 37.6 Å². The Labute approximate surface area is 386 Å². The molecule has 0 fully saturated rings. The van der Waals surface area contributed by atoms with E-state index in [4.69, 9.17) is 24.3 Å². The molecule has 2 unspecified atom stereocenters. The van der Waals surface area contributed by atoms with Crippen LogP contribution in [-0.2, 0) is 32.7 Å². The van der Waals surface area contributed by atoms with Gasteiger partial charge in [0, 0.05) is 19.4 Å². The number of phosphoric acid groups is 1. The number of unbranched alkanes of at least 4 members (excludes halogenated alkanes) is 22. The van der Waals surface area contributed by atoms with E-state index in [1.807, 2.05) is 12.2 Å². The molecule has 0 heterocycles. The quantitative estimate of drug-likeness (QED) is 0.0265. The van der Waals surface area contributed by atoms with Crippen LogP contribution in [0.15, 0.2) is 72.9 Å². The highest BCUT2D eigenvalue weighted by atomic mass is 31.2. The molecular formula is C53H94NO8P. The maximum Gasteiger partial charge on any atom is 0.472 e. The van der Waals surface area contributed by atoms with Crippen LogP contribution in [0, 0.1) is 0 Å². The third kappa shape index (κ3) is 48.7. The van der Waals surface area contributed by atoms with Gasteiger partial charge in [0.2, 0.25) is 0 Å². The van der Waals surface area contributed by atoms with E-state index in [1.165, 1.54) is 128 Å². The molecule has 0 radical (unpaired) electrons. The molecular weight excluding hydrogens is 810 g/mol. The Hall–Kier alpha value is -2.55. The molecule has 10 heteroatoms. The zero-order valence-electron chi connectivity index (χ0n) is 40.3. The first-order valence-corrected chi connectivity index (χ1v) is 26.9. The Morgan fingerprint density at radius 3 is 1.27 bits per heavy atom. The molecule has 0 aliphatic carbocycles. The zero-order valence-corrected chi connectivity index (χ0v) is 41.2. The molecule has 0 aromatic heterocycles. The van der Waals surface area contributed by atoms with Gasteiger partial charge >= 0.3 is 19.8 Å². The standard InChI is InChI=1S/C53H94NO8P/c1-3-5-7-9-11-13-15-17-19-21-23-24-25-26-28-29-31-33-35-37-39-41-43-45-52(55)59-49-51(50-61-63(57,58)60-48-47-54)62-53(56)46-44-42-40-38-36-34-32-30-27-22-20-18-16-14-12-10-8-6-4-2/h6,8,12,14,18,20,27,30,34,36,40,42,51H,3-5,7,9-11,13,15-17,19,21-26,28-29,31-33,35,37-39,41,43-50,54H2,1-2H3,(H,57,58)/b8-6-,14-12-,20-18-,30-27-,36-34-,42-40-. The maximum atomic E-state index is 12.6. The van der Waals surface area contributed by atoms with Gasteiger partial charge < -0.3 is 20.1 Å². The van der Waals surface area contributed by atoms with Gasteiger partial charge in [0.25, 0.3) is 0 Å². The maximum absolute atomic E-state index is 12.6. The number of hydrogen-bond acceptors (Lipinski definition) is 8. The van der Waals surface area contributed by atoms with Gasteiger partial charge in [-0.25, -0.2) is 4.57 Å². The summed E-state index contributed by atoms with van der Waals surface area (Å²) in [6, 6.07) is 0. The molecule has 0 saturated heterocycles. The Kier molecular flexibility index (Phi) is 46.9. The first kappa shape index (κ1) is 60.5. The van der Waals surface area contributed by atoms with Crippen molar-refractivity contribution in [3.05, 3.63) is 72.9 Å². The largest absolute Gasteiger partial charge is 0.472 e. The van der Waals surface area contributed by atoms with E-state index in [0.29, 0.717) is 6.42 Å². The highest BCUT2D eigenvalue weighted by Gasteiger charge is 2.25. The number of carbonyl (C=O) groups excluding carboxylic acids is 2. The van der Waals surface area contributed by atoms with E-state index in [2.05, 4.69) is 74.6 Å². The van der Waals surface area contributed by atoms with Crippen molar-refractivity contribution in [3.8, 4) is 0 Å². The van der Waals surface area contributed by atoms with Crippen LogP contribution in [0.1, 0.15) is 219 Å². The Balaban J connectivity index is 4.12. The minimum atomic E-state index is -4.40. The van der Waals surface area contributed by atoms with Crippen LogP contribution in [0.3, 0.4) is 0 Å². The molecule has 0 aliphatic rings. The van der Waals surface area contributed by atoms with E-state index in [0.717, 1.165) is 57.8 Å². The van der Waals surface area contributed by atoms with Crippen molar-refractivity contribution in [1.29, 1.82) is 0 Å². The molecule has 9 nitrogen and oxygen atoms in total. The van der Waals surface area contributed by atoms with Crippen molar-refractivity contribution >= 4 is 19.8 Å². The highest BCUT2D eigenvalue weighted by molar-refractivity contribution is 7.47. The lowest BCUT2D eigenvalue weighted by atomic mass is 10.0. The van der Waals surface area contributed by atoms with Crippen LogP contribution in [0.25, 0.3) is 0 Å². The molecule has 2 atom stereocenters. The number of allylic oxidation sites excluding steroid dienone is 12. The van der Waals surface area contributed by atoms with E-state index in [-0.39, 0.29) is 32.6 Å². The molecule has 0 aromatic carbocycles. The fourth-order valence-corrected chi connectivity index (χ4v) is 7.66. The van der Waals surface area contributed by atoms with Crippen molar-refractivity contribution in [1.82, 2.24) is 0 Å². The average Bonchev–Trinajstić information content (AvgIpc) is 3.27. The normalized spacial score (nSPS) is 13.8. The molecule has 0 spiro atoms. The molecule has 364 valence electrons. The number of esters is 2. The van der Waals surface area contributed by atoms with E-state index < -0.39 is 32.5 Å². The van der Waals surface area contributed by atoms with Gasteiger partial charge in [-0.3, -0.25) is 18.6 Å². The summed E-state index contributed by atoms with van der Waals surface area (Å²) in [5, 5.41) is 0. The van der Waals surface area contributed by atoms with Crippen LogP contribution in [0.5, 0.6) is 0 Å². The van der Waals surface area contributed by atoms with Crippen molar-refractivity contribution in [2.24, 2.45) is 5.73 Å². The van der Waals surface area contributed by atoms with Crippen LogP contribution in [0.4, 0.5) is 0 Å². The summed E-state index contributed by atoms with van der Waals surface area (Å²) in [7, 11) is -4.40. The third-order valence-corrected chi connectivity index (χ3v) is 11.6. The lowest BCUT2D eigenvalue weighted by molar-refractivity contribution is -0.161. The van der Waals surface area contributed by atoms with Gasteiger partial charge in [0.05, 0.1) is 13.2 Å². The molecule has 63 heavy (non-hydrogen) atoms. The smallest absolute Gasteiger partial charge is 0.462 e. The SMILES string of the molecule is CC/C=C\C/C=C\C/C=C\C/C=C\C/C=C\C/C=C\CCC(=O)OC(COC(=O)CCCCCCCCCCCCCCCCCCCCCCCCC)COP(=O)(O)OCCN. The monoisotopic (exact) mass is 904 g/mol. The molecule has 0 amide bonds. The van der Waals surface area contributed by atoms with Crippen molar-refractivity contribution in [2.45, 2.75) is 225 Å². The van der Waals surface area contributed by atoms with Gasteiger partial charge in [-0.15, -0.1) is 0 Å². The summed E-state index contributed by atoms with van der Waals surface area (Å²) < 4.78 is 32.8. The lowest BCUT2D eigenvalue weighted by Crippen LogP contribution is -2.29. The number of carbonyl (C=O) groups is 2. The Bertz CT molecular complexity index is 1260. The number of rotatable bonds is 47. The average molecular weight is 904 g/mol. The summed E-state index contributed by atoms with van der Waals surface area (Å²) in [5.41, 5.74) is 5.36. The second-order valence-corrected chi connectivity index (χ2v) is 18.1. The molecule has 0 bridgehead atoms. The summed E-state index contributed by atoms with van der Waals surface area (Å²) in [6.07, 6.45) is 61.1. The molecule has 3 N–H and O–H groups in total. The number of hydrogen-bond donors (Lipinski definition) is 2. The predicted octanol–water partition coefficient (Wildman–Crippen LogP) is 15.4. The summed E-state index contributed by atoms with van der Waals surface area (Å²) >= 11 is 0. The fraction of sp³-hybridized carbons (Fsp3) is 0.736. The van der Waals surface area contributed by atoms with Gasteiger partial charge in [0.1, 0.15) is 6.61 Å².